The minimum atomic E-state index is -4.59. The maximum absolute atomic E-state index is 11.8. The topological polar surface area (TPSA) is 9.23 Å². The van der Waals surface area contributed by atoms with E-state index in [1.807, 2.05) is 0 Å². The Kier molecular flexibility index (Phi) is 2.80. The first-order valence-electron chi connectivity index (χ1n) is 3.76. The number of allylic oxidation sites excluding steroid dienone is 5. The van der Waals surface area contributed by atoms with Crippen LogP contribution in [0.4, 0.5) is 13.2 Å². The van der Waals surface area contributed by atoms with Crippen LogP contribution in [-0.2, 0) is 4.74 Å². The fraction of sp³-hybridized carbons (Fsp3) is 0.333. The molecule has 0 aromatic carbocycles. The van der Waals surface area contributed by atoms with Crippen LogP contribution >= 0.6 is 0 Å². The Balaban J connectivity index is 2.67. The fourth-order valence-electron chi connectivity index (χ4n) is 0.994. The van der Waals surface area contributed by atoms with Gasteiger partial charge in [0.05, 0.1) is 0 Å². The van der Waals surface area contributed by atoms with Crippen LogP contribution in [0.15, 0.2) is 35.6 Å². The molecule has 0 saturated carbocycles. The van der Waals surface area contributed by atoms with Crippen LogP contribution in [-0.4, -0.2) is 6.36 Å². The lowest BCUT2D eigenvalue weighted by atomic mass is 10.2. The Hall–Kier alpha value is -1.19. The van der Waals surface area contributed by atoms with Gasteiger partial charge in [-0.1, -0.05) is 23.8 Å². The van der Waals surface area contributed by atoms with Crippen LogP contribution in [0.2, 0.25) is 0 Å². The van der Waals surface area contributed by atoms with E-state index in [-0.39, 0.29) is 12.2 Å². The Labute approximate surface area is 74.2 Å². The number of alkyl halides is 3. The van der Waals surface area contributed by atoms with Gasteiger partial charge < -0.3 is 4.74 Å². The van der Waals surface area contributed by atoms with E-state index >= 15 is 0 Å². The third-order valence-electron chi connectivity index (χ3n) is 1.47. The molecule has 1 nitrogen and oxygen atoms in total. The average Bonchev–Trinajstić information content (AvgIpc) is 2.10. The van der Waals surface area contributed by atoms with E-state index in [4.69, 9.17) is 0 Å². The number of rotatable bonds is 1. The second kappa shape index (κ2) is 3.68. The molecule has 0 heterocycles. The number of hydrogen-bond donors (Lipinski definition) is 0. The molecular formula is C9H9F3O. The SMILES string of the molecule is CC1=CC=CC=C(OC(F)(F)F)C1. The molecule has 0 unspecified atom stereocenters. The summed E-state index contributed by atoms with van der Waals surface area (Å²) in [6, 6.07) is 0. The molecule has 0 fully saturated rings. The molecule has 0 N–H and O–H groups in total. The van der Waals surface area contributed by atoms with Crippen molar-refractivity contribution in [2.45, 2.75) is 19.7 Å². The first kappa shape index (κ1) is 9.89. The highest BCUT2D eigenvalue weighted by atomic mass is 19.4. The van der Waals surface area contributed by atoms with Gasteiger partial charge in [-0.25, -0.2) is 0 Å². The molecule has 0 radical (unpaired) electrons. The Morgan fingerprint density at radius 1 is 1.23 bits per heavy atom. The summed E-state index contributed by atoms with van der Waals surface area (Å²) < 4.78 is 39.2. The Morgan fingerprint density at radius 2 is 1.85 bits per heavy atom. The standard InChI is InChI=1S/C9H9F3O/c1-7-4-2-3-5-8(6-7)13-9(10,11)12/h2-5H,6H2,1H3. The highest BCUT2D eigenvalue weighted by molar-refractivity contribution is 5.24. The van der Waals surface area contributed by atoms with Gasteiger partial charge in [0, 0.05) is 6.42 Å². The lowest BCUT2D eigenvalue weighted by molar-refractivity contribution is -0.306. The van der Waals surface area contributed by atoms with Gasteiger partial charge in [-0.05, 0) is 13.0 Å². The summed E-state index contributed by atoms with van der Waals surface area (Å²) >= 11 is 0. The van der Waals surface area contributed by atoms with Gasteiger partial charge in [0.1, 0.15) is 5.76 Å². The largest absolute Gasteiger partial charge is 0.572 e. The number of ether oxygens (including phenoxy) is 1. The van der Waals surface area contributed by atoms with Crippen molar-refractivity contribution in [1.82, 2.24) is 0 Å². The van der Waals surface area contributed by atoms with Gasteiger partial charge in [0.2, 0.25) is 0 Å². The fourth-order valence-corrected chi connectivity index (χ4v) is 0.994. The summed E-state index contributed by atoms with van der Waals surface area (Å²) in [5.41, 5.74) is 0.837. The zero-order valence-electron chi connectivity index (χ0n) is 7.06. The van der Waals surface area contributed by atoms with E-state index in [0.29, 0.717) is 0 Å². The molecule has 1 aliphatic carbocycles. The van der Waals surface area contributed by atoms with E-state index in [1.165, 1.54) is 12.2 Å². The van der Waals surface area contributed by atoms with E-state index in [2.05, 4.69) is 4.74 Å². The van der Waals surface area contributed by atoms with Gasteiger partial charge in [-0.3, -0.25) is 0 Å². The predicted molar refractivity (Wildman–Crippen MR) is 42.7 cm³/mol. The Bertz CT molecular complexity index is 271. The van der Waals surface area contributed by atoms with Crippen molar-refractivity contribution in [1.29, 1.82) is 0 Å². The lowest BCUT2D eigenvalue weighted by Gasteiger charge is -2.11. The molecule has 0 spiro atoms. The molecular weight excluding hydrogens is 181 g/mol. The molecule has 72 valence electrons. The average molecular weight is 190 g/mol. The van der Waals surface area contributed by atoms with Crippen molar-refractivity contribution in [3.8, 4) is 0 Å². The smallest absolute Gasteiger partial charge is 0.410 e. The highest BCUT2D eigenvalue weighted by Gasteiger charge is 2.31. The summed E-state index contributed by atoms with van der Waals surface area (Å²) in [6.07, 6.45) is 1.89. The van der Waals surface area contributed by atoms with Crippen LogP contribution < -0.4 is 0 Å². The van der Waals surface area contributed by atoms with Crippen LogP contribution in [0.1, 0.15) is 13.3 Å². The molecule has 0 aromatic heterocycles. The van der Waals surface area contributed by atoms with Crippen LogP contribution in [0.25, 0.3) is 0 Å². The van der Waals surface area contributed by atoms with E-state index < -0.39 is 6.36 Å². The van der Waals surface area contributed by atoms with Crippen molar-refractivity contribution in [3.63, 3.8) is 0 Å². The van der Waals surface area contributed by atoms with Crippen molar-refractivity contribution < 1.29 is 17.9 Å². The summed E-state index contributed by atoms with van der Waals surface area (Å²) in [6.45, 7) is 1.75. The first-order chi connectivity index (χ1) is 5.97. The van der Waals surface area contributed by atoms with E-state index in [9.17, 15) is 13.2 Å². The van der Waals surface area contributed by atoms with Crippen LogP contribution in [0, 0.1) is 0 Å². The summed E-state index contributed by atoms with van der Waals surface area (Å²) in [4.78, 5) is 0. The van der Waals surface area contributed by atoms with Crippen molar-refractivity contribution in [2.75, 3.05) is 0 Å². The number of hydrogen-bond acceptors (Lipinski definition) is 1. The minimum absolute atomic E-state index is 0.0741. The molecule has 13 heavy (non-hydrogen) atoms. The van der Waals surface area contributed by atoms with Crippen molar-refractivity contribution in [2.24, 2.45) is 0 Å². The molecule has 0 amide bonds. The van der Waals surface area contributed by atoms with Crippen LogP contribution in [0.3, 0.4) is 0 Å². The van der Waals surface area contributed by atoms with Crippen LogP contribution in [0.5, 0.6) is 0 Å². The highest BCUT2D eigenvalue weighted by Crippen LogP contribution is 2.25. The lowest BCUT2D eigenvalue weighted by Crippen LogP contribution is -2.12. The zero-order chi connectivity index (χ0) is 9.90. The van der Waals surface area contributed by atoms with E-state index in [1.54, 1.807) is 19.1 Å². The summed E-state index contributed by atoms with van der Waals surface area (Å²) in [5, 5.41) is 0. The summed E-state index contributed by atoms with van der Waals surface area (Å²) in [5.74, 6) is -0.0741. The molecule has 1 aliphatic rings. The second-order valence-corrected chi connectivity index (χ2v) is 2.76. The monoisotopic (exact) mass is 190 g/mol. The van der Waals surface area contributed by atoms with Gasteiger partial charge >= 0.3 is 6.36 Å². The van der Waals surface area contributed by atoms with Crippen molar-refractivity contribution >= 4 is 0 Å². The van der Waals surface area contributed by atoms with Crippen molar-refractivity contribution in [3.05, 3.63) is 35.6 Å². The predicted octanol–water partition coefficient (Wildman–Crippen LogP) is 3.31. The maximum Gasteiger partial charge on any atom is 0.572 e. The molecule has 0 atom stereocenters. The molecule has 0 aliphatic heterocycles. The number of halogens is 3. The first-order valence-corrected chi connectivity index (χ1v) is 3.76. The molecule has 0 saturated heterocycles. The molecule has 4 heteroatoms. The molecule has 1 rings (SSSR count). The zero-order valence-corrected chi connectivity index (χ0v) is 7.06. The van der Waals surface area contributed by atoms with Gasteiger partial charge in [-0.15, -0.1) is 13.2 Å². The van der Waals surface area contributed by atoms with Gasteiger partial charge in [0.15, 0.2) is 0 Å². The Morgan fingerprint density at radius 3 is 2.46 bits per heavy atom. The van der Waals surface area contributed by atoms with Gasteiger partial charge in [0.25, 0.3) is 0 Å². The second-order valence-electron chi connectivity index (χ2n) is 2.76. The normalized spacial score (nSPS) is 17.5. The molecule has 0 bridgehead atoms. The quantitative estimate of drug-likeness (QED) is 0.616. The third kappa shape index (κ3) is 3.83. The summed E-state index contributed by atoms with van der Waals surface area (Å²) in [7, 11) is 0. The molecule has 0 aromatic rings. The maximum atomic E-state index is 11.8. The minimum Gasteiger partial charge on any atom is -0.410 e. The van der Waals surface area contributed by atoms with Gasteiger partial charge in [-0.2, -0.15) is 0 Å². The van der Waals surface area contributed by atoms with E-state index in [0.717, 1.165) is 5.57 Å². The third-order valence-corrected chi connectivity index (χ3v) is 1.47.